The van der Waals surface area contributed by atoms with Crippen LogP contribution in [-0.4, -0.2) is 23.3 Å². The van der Waals surface area contributed by atoms with Crippen LogP contribution in [0.2, 0.25) is 0 Å². The highest BCUT2D eigenvalue weighted by Gasteiger charge is 2.20. The molecule has 1 atom stereocenters. The lowest BCUT2D eigenvalue weighted by molar-refractivity contribution is 0.292. The maximum absolute atomic E-state index is 5.71. The zero-order valence-corrected chi connectivity index (χ0v) is 12.3. The minimum Gasteiger partial charge on any atom is -0.493 e. The molecule has 1 aliphatic rings. The van der Waals surface area contributed by atoms with Crippen LogP contribution < -0.4 is 10.1 Å². The zero-order chi connectivity index (χ0) is 14.5. The second kappa shape index (κ2) is 6.72. The molecule has 0 unspecified atom stereocenters. The van der Waals surface area contributed by atoms with E-state index in [2.05, 4.69) is 28.4 Å². The first-order chi connectivity index (χ1) is 10.3. The minimum absolute atomic E-state index is 0.220. The van der Waals surface area contributed by atoms with Gasteiger partial charge in [0.2, 0.25) is 5.89 Å². The van der Waals surface area contributed by atoms with Crippen molar-refractivity contribution in [3.63, 3.8) is 0 Å². The van der Waals surface area contributed by atoms with Crippen LogP contribution in [0.15, 0.2) is 28.8 Å². The molecular weight excluding hydrogens is 266 g/mol. The van der Waals surface area contributed by atoms with Crippen molar-refractivity contribution in [2.45, 2.75) is 38.6 Å². The molecule has 0 spiro atoms. The number of hydrogen-bond acceptors (Lipinski definition) is 5. The topological polar surface area (TPSA) is 60.2 Å². The lowest BCUT2D eigenvalue weighted by atomic mass is 10.1. The van der Waals surface area contributed by atoms with Gasteiger partial charge in [0.05, 0.1) is 12.6 Å². The number of aryl methyl sites for hydroxylation is 1. The first-order valence-electron chi connectivity index (χ1n) is 7.56. The van der Waals surface area contributed by atoms with E-state index < -0.39 is 0 Å². The highest BCUT2D eigenvalue weighted by molar-refractivity contribution is 5.27. The quantitative estimate of drug-likeness (QED) is 0.916. The van der Waals surface area contributed by atoms with Crippen molar-refractivity contribution in [3.05, 3.63) is 41.5 Å². The van der Waals surface area contributed by atoms with E-state index in [-0.39, 0.29) is 6.04 Å². The third-order valence-electron chi connectivity index (χ3n) is 3.68. The smallest absolute Gasteiger partial charge is 0.243 e. The number of benzene rings is 1. The van der Waals surface area contributed by atoms with Crippen LogP contribution in [0.4, 0.5) is 0 Å². The van der Waals surface area contributed by atoms with Crippen molar-refractivity contribution < 1.29 is 9.26 Å². The van der Waals surface area contributed by atoms with Crippen molar-refractivity contribution in [3.8, 4) is 5.75 Å². The van der Waals surface area contributed by atoms with Gasteiger partial charge in [-0.05, 0) is 44.0 Å². The summed E-state index contributed by atoms with van der Waals surface area (Å²) in [4.78, 5) is 4.46. The lowest BCUT2D eigenvalue weighted by Crippen LogP contribution is -2.27. The van der Waals surface area contributed by atoms with E-state index in [0.29, 0.717) is 24.7 Å². The number of hydrogen-bond donors (Lipinski definition) is 1. The summed E-state index contributed by atoms with van der Waals surface area (Å²) >= 11 is 0. The Morgan fingerprint density at radius 3 is 3.14 bits per heavy atom. The molecule has 0 saturated carbocycles. The van der Waals surface area contributed by atoms with E-state index >= 15 is 0 Å². The van der Waals surface area contributed by atoms with Gasteiger partial charge in [-0.25, -0.2) is 0 Å². The first-order valence-corrected chi connectivity index (χ1v) is 7.56. The summed E-state index contributed by atoms with van der Waals surface area (Å²) in [6.45, 7) is 3.63. The molecule has 1 saturated heterocycles. The van der Waals surface area contributed by atoms with Crippen molar-refractivity contribution >= 4 is 0 Å². The Hall–Kier alpha value is -1.88. The van der Waals surface area contributed by atoms with Crippen molar-refractivity contribution in [2.24, 2.45) is 0 Å². The molecule has 0 bridgehead atoms. The molecule has 2 aromatic rings. The van der Waals surface area contributed by atoms with Crippen LogP contribution >= 0.6 is 0 Å². The van der Waals surface area contributed by atoms with Crippen LogP contribution in [0.3, 0.4) is 0 Å². The summed E-state index contributed by atoms with van der Waals surface area (Å²) in [5.74, 6) is 2.30. The van der Waals surface area contributed by atoms with Gasteiger partial charge in [-0.2, -0.15) is 4.98 Å². The van der Waals surface area contributed by atoms with Crippen LogP contribution in [0.5, 0.6) is 5.75 Å². The van der Waals surface area contributed by atoms with Crippen LogP contribution in [0, 0.1) is 6.92 Å². The highest BCUT2D eigenvalue weighted by Crippen LogP contribution is 2.21. The van der Waals surface area contributed by atoms with Gasteiger partial charge in [0, 0.05) is 6.42 Å². The summed E-state index contributed by atoms with van der Waals surface area (Å²) < 4.78 is 11.1. The standard InChI is InChI=1S/C16H21N3O2/c1-12-5-4-6-13(11-12)20-10-8-15-18-16(21-19-15)14-7-2-3-9-17-14/h4-6,11,14,17H,2-3,7-10H2,1H3/t14-/m0/s1. The third kappa shape index (κ3) is 3.82. The van der Waals surface area contributed by atoms with Crippen LogP contribution in [-0.2, 0) is 6.42 Å². The van der Waals surface area contributed by atoms with Gasteiger partial charge in [0.25, 0.3) is 0 Å². The van der Waals surface area contributed by atoms with Gasteiger partial charge in [-0.3, -0.25) is 0 Å². The fourth-order valence-electron chi connectivity index (χ4n) is 2.54. The summed E-state index contributed by atoms with van der Waals surface area (Å²) in [7, 11) is 0. The number of nitrogens with one attached hydrogen (secondary N) is 1. The van der Waals surface area contributed by atoms with Gasteiger partial charge >= 0.3 is 0 Å². The molecule has 3 rings (SSSR count). The zero-order valence-electron chi connectivity index (χ0n) is 12.3. The number of aromatic nitrogens is 2. The fraction of sp³-hybridized carbons (Fsp3) is 0.500. The van der Waals surface area contributed by atoms with E-state index in [4.69, 9.17) is 9.26 Å². The lowest BCUT2D eigenvalue weighted by Gasteiger charge is -2.19. The average molecular weight is 287 g/mol. The summed E-state index contributed by atoms with van der Waals surface area (Å²) in [6.07, 6.45) is 4.17. The molecule has 0 amide bonds. The van der Waals surface area contributed by atoms with E-state index in [1.54, 1.807) is 0 Å². The van der Waals surface area contributed by atoms with Gasteiger partial charge in [0.1, 0.15) is 5.75 Å². The molecule has 1 aromatic carbocycles. The Bertz CT molecular complexity index is 576. The molecule has 0 aliphatic carbocycles. The Balaban J connectivity index is 1.50. The van der Waals surface area contributed by atoms with E-state index in [1.807, 2.05) is 18.2 Å². The minimum atomic E-state index is 0.220. The maximum Gasteiger partial charge on any atom is 0.243 e. The molecule has 2 heterocycles. The summed E-state index contributed by atoms with van der Waals surface area (Å²) in [6, 6.07) is 8.24. The average Bonchev–Trinajstić information content (AvgIpc) is 2.97. The van der Waals surface area contributed by atoms with Crippen molar-refractivity contribution in [2.75, 3.05) is 13.2 Å². The predicted molar refractivity (Wildman–Crippen MR) is 79.3 cm³/mol. The fourth-order valence-corrected chi connectivity index (χ4v) is 2.54. The molecule has 0 radical (unpaired) electrons. The number of piperidine rings is 1. The highest BCUT2D eigenvalue weighted by atomic mass is 16.5. The Kier molecular flexibility index (Phi) is 4.50. The first kappa shape index (κ1) is 14.1. The normalized spacial score (nSPS) is 18.6. The molecule has 1 fully saturated rings. The predicted octanol–water partition coefficient (Wildman–Crippen LogP) is 2.81. The third-order valence-corrected chi connectivity index (χ3v) is 3.68. The number of rotatable bonds is 5. The molecular formula is C16H21N3O2. The molecule has 1 aromatic heterocycles. The molecule has 21 heavy (non-hydrogen) atoms. The molecule has 112 valence electrons. The Morgan fingerprint density at radius 2 is 2.33 bits per heavy atom. The monoisotopic (exact) mass is 287 g/mol. The Morgan fingerprint density at radius 1 is 1.38 bits per heavy atom. The summed E-state index contributed by atoms with van der Waals surface area (Å²) in [5, 5.41) is 7.44. The van der Waals surface area contributed by atoms with E-state index in [0.717, 1.165) is 18.7 Å². The van der Waals surface area contributed by atoms with Crippen LogP contribution in [0.25, 0.3) is 0 Å². The second-order valence-corrected chi connectivity index (χ2v) is 5.47. The molecule has 1 aliphatic heterocycles. The number of ether oxygens (including phenoxy) is 1. The maximum atomic E-state index is 5.71. The van der Waals surface area contributed by atoms with Crippen molar-refractivity contribution in [1.29, 1.82) is 0 Å². The van der Waals surface area contributed by atoms with E-state index in [1.165, 1.54) is 18.4 Å². The van der Waals surface area contributed by atoms with E-state index in [9.17, 15) is 0 Å². The van der Waals surface area contributed by atoms with Crippen LogP contribution in [0.1, 0.15) is 42.6 Å². The molecule has 5 nitrogen and oxygen atoms in total. The SMILES string of the molecule is Cc1cccc(OCCc2noc([C@@H]3CCCCN3)n2)c1. The molecule has 1 N–H and O–H groups in total. The van der Waals surface area contributed by atoms with Gasteiger partial charge in [-0.15, -0.1) is 0 Å². The molecule has 5 heteroatoms. The van der Waals surface area contributed by atoms with Gasteiger partial charge in [-0.1, -0.05) is 23.7 Å². The Labute approximate surface area is 124 Å². The second-order valence-electron chi connectivity index (χ2n) is 5.47. The van der Waals surface area contributed by atoms with Gasteiger partial charge < -0.3 is 14.6 Å². The van der Waals surface area contributed by atoms with Crippen molar-refractivity contribution in [1.82, 2.24) is 15.5 Å². The summed E-state index contributed by atoms with van der Waals surface area (Å²) in [5.41, 5.74) is 1.19. The largest absolute Gasteiger partial charge is 0.493 e. The number of nitrogens with zero attached hydrogens (tertiary/aromatic N) is 2. The van der Waals surface area contributed by atoms with Gasteiger partial charge in [0.15, 0.2) is 5.82 Å².